The Morgan fingerprint density at radius 1 is 1.10 bits per heavy atom. The third kappa shape index (κ3) is 3.04. The highest BCUT2D eigenvalue weighted by molar-refractivity contribution is 5.80. The Morgan fingerprint density at radius 2 is 1.71 bits per heavy atom. The molecular weight excluding hydrogens is 283 g/mol. The Balaban J connectivity index is 1.54. The molecule has 21 heavy (non-hydrogen) atoms. The van der Waals surface area contributed by atoms with Gasteiger partial charge in [-0.2, -0.15) is 13.2 Å². The van der Waals surface area contributed by atoms with E-state index in [1.807, 2.05) is 0 Å². The van der Waals surface area contributed by atoms with Crippen LogP contribution in [0.4, 0.5) is 13.2 Å². The van der Waals surface area contributed by atoms with Crippen LogP contribution in [-0.2, 0) is 4.79 Å². The molecule has 4 nitrogen and oxygen atoms in total. The fraction of sp³-hybridized carbons (Fsp3) is 0.929. The van der Waals surface area contributed by atoms with Gasteiger partial charge in [-0.05, 0) is 31.1 Å². The van der Waals surface area contributed by atoms with Crippen molar-refractivity contribution >= 4 is 5.91 Å². The first-order chi connectivity index (χ1) is 9.85. The molecule has 3 rings (SSSR count). The molecule has 4 unspecified atom stereocenters. The molecule has 120 valence electrons. The Hall–Kier alpha value is -0.820. The SMILES string of the molecule is NC1C2CCC(C2)C1C(=O)N1CCN(CC(F)(F)F)CC1. The highest BCUT2D eigenvalue weighted by Gasteiger charge is 2.50. The normalized spacial score (nSPS) is 37.2. The summed E-state index contributed by atoms with van der Waals surface area (Å²) in [6.07, 6.45) is -0.928. The van der Waals surface area contributed by atoms with Gasteiger partial charge in [-0.1, -0.05) is 0 Å². The van der Waals surface area contributed by atoms with Gasteiger partial charge in [-0.15, -0.1) is 0 Å². The second-order valence-electron chi connectivity index (χ2n) is 6.65. The topological polar surface area (TPSA) is 49.6 Å². The zero-order chi connectivity index (χ0) is 15.2. The van der Waals surface area contributed by atoms with Crippen LogP contribution in [0, 0.1) is 17.8 Å². The molecule has 2 bridgehead atoms. The summed E-state index contributed by atoms with van der Waals surface area (Å²) in [6, 6.07) is -0.0514. The Morgan fingerprint density at radius 3 is 2.24 bits per heavy atom. The van der Waals surface area contributed by atoms with Crippen molar-refractivity contribution < 1.29 is 18.0 Å². The molecule has 0 aromatic rings. The van der Waals surface area contributed by atoms with Gasteiger partial charge in [0.1, 0.15) is 0 Å². The second-order valence-corrected chi connectivity index (χ2v) is 6.65. The number of hydrogen-bond donors (Lipinski definition) is 1. The number of halogens is 3. The maximum absolute atomic E-state index is 12.6. The number of rotatable bonds is 2. The quantitative estimate of drug-likeness (QED) is 0.830. The van der Waals surface area contributed by atoms with Gasteiger partial charge >= 0.3 is 6.18 Å². The minimum absolute atomic E-state index is 0.0514. The number of carbonyl (C=O) groups is 1. The number of alkyl halides is 3. The lowest BCUT2D eigenvalue weighted by Gasteiger charge is -2.38. The van der Waals surface area contributed by atoms with E-state index in [0.29, 0.717) is 38.0 Å². The van der Waals surface area contributed by atoms with Gasteiger partial charge in [-0.3, -0.25) is 9.69 Å². The van der Waals surface area contributed by atoms with Crippen LogP contribution in [0.3, 0.4) is 0 Å². The molecule has 0 aromatic carbocycles. The summed E-state index contributed by atoms with van der Waals surface area (Å²) in [5.41, 5.74) is 6.18. The van der Waals surface area contributed by atoms with Crippen LogP contribution >= 0.6 is 0 Å². The van der Waals surface area contributed by atoms with E-state index in [4.69, 9.17) is 5.73 Å². The standard InChI is InChI=1S/C14H22F3N3O/c15-14(16,17)8-19-3-5-20(6-4-19)13(21)11-9-1-2-10(7-9)12(11)18/h9-12H,1-8,18H2. The van der Waals surface area contributed by atoms with Gasteiger partial charge in [0, 0.05) is 32.2 Å². The monoisotopic (exact) mass is 305 g/mol. The summed E-state index contributed by atoms with van der Waals surface area (Å²) in [6.45, 7) is 0.469. The van der Waals surface area contributed by atoms with E-state index in [1.165, 1.54) is 4.90 Å². The van der Waals surface area contributed by atoms with Crippen molar-refractivity contribution in [3.8, 4) is 0 Å². The third-order valence-electron chi connectivity index (χ3n) is 5.35. The Labute approximate surface area is 122 Å². The molecule has 0 radical (unpaired) electrons. The maximum Gasteiger partial charge on any atom is 0.401 e. The fourth-order valence-electron chi connectivity index (χ4n) is 4.29. The van der Waals surface area contributed by atoms with E-state index in [-0.39, 0.29) is 17.9 Å². The first-order valence-electron chi connectivity index (χ1n) is 7.68. The van der Waals surface area contributed by atoms with Crippen molar-refractivity contribution in [3.05, 3.63) is 0 Å². The van der Waals surface area contributed by atoms with E-state index in [1.54, 1.807) is 4.90 Å². The zero-order valence-electron chi connectivity index (χ0n) is 12.0. The summed E-state index contributed by atoms with van der Waals surface area (Å²) in [5.74, 6) is 0.834. The van der Waals surface area contributed by atoms with Crippen LogP contribution < -0.4 is 5.73 Å². The average molecular weight is 305 g/mol. The lowest BCUT2D eigenvalue weighted by atomic mass is 9.84. The fourth-order valence-corrected chi connectivity index (χ4v) is 4.29. The van der Waals surface area contributed by atoms with Crippen LogP contribution in [0.25, 0.3) is 0 Å². The predicted octanol–water partition coefficient (Wildman–Crippen LogP) is 1.07. The van der Waals surface area contributed by atoms with Crippen LogP contribution in [-0.4, -0.2) is 60.6 Å². The van der Waals surface area contributed by atoms with Crippen molar-refractivity contribution in [1.29, 1.82) is 0 Å². The van der Waals surface area contributed by atoms with Crippen molar-refractivity contribution in [3.63, 3.8) is 0 Å². The molecule has 1 amide bonds. The minimum atomic E-state index is -4.17. The first-order valence-corrected chi connectivity index (χ1v) is 7.68. The molecular formula is C14H22F3N3O. The zero-order valence-corrected chi connectivity index (χ0v) is 12.0. The summed E-state index contributed by atoms with van der Waals surface area (Å²) in [7, 11) is 0. The number of nitrogens with two attached hydrogens (primary N) is 1. The number of amides is 1. The lowest BCUT2D eigenvalue weighted by Crippen LogP contribution is -2.54. The highest BCUT2D eigenvalue weighted by Crippen LogP contribution is 2.48. The molecule has 2 N–H and O–H groups in total. The van der Waals surface area contributed by atoms with Crippen LogP contribution in [0.5, 0.6) is 0 Å². The molecule has 0 spiro atoms. The summed E-state index contributed by atoms with van der Waals surface area (Å²) < 4.78 is 37.1. The molecule has 2 saturated carbocycles. The molecule has 1 saturated heterocycles. The third-order valence-corrected chi connectivity index (χ3v) is 5.35. The van der Waals surface area contributed by atoms with E-state index in [0.717, 1.165) is 19.3 Å². The molecule has 1 heterocycles. The van der Waals surface area contributed by atoms with Gasteiger partial charge in [-0.25, -0.2) is 0 Å². The maximum atomic E-state index is 12.6. The number of hydrogen-bond acceptors (Lipinski definition) is 3. The van der Waals surface area contributed by atoms with Gasteiger partial charge in [0.2, 0.25) is 5.91 Å². The second kappa shape index (κ2) is 5.43. The minimum Gasteiger partial charge on any atom is -0.340 e. The number of fused-ring (bicyclic) bond motifs is 2. The molecule has 3 aliphatic rings. The lowest BCUT2D eigenvalue weighted by molar-refractivity contribution is -0.153. The van der Waals surface area contributed by atoms with Gasteiger partial charge in [0.05, 0.1) is 12.5 Å². The molecule has 0 aromatic heterocycles. The van der Waals surface area contributed by atoms with Crippen molar-refractivity contribution in [2.75, 3.05) is 32.7 Å². The van der Waals surface area contributed by atoms with E-state index < -0.39 is 12.7 Å². The molecule has 7 heteroatoms. The summed E-state index contributed by atoms with van der Waals surface area (Å²) in [4.78, 5) is 15.7. The highest BCUT2D eigenvalue weighted by atomic mass is 19.4. The van der Waals surface area contributed by atoms with Crippen molar-refractivity contribution in [2.24, 2.45) is 23.5 Å². The van der Waals surface area contributed by atoms with E-state index >= 15 is 0 Å². The number of piperazine rings is 1. The molecule has 1 aliphatic heterocycles. The van der Waals surface area contributed by atoms with E-state index in [2.05, 4.69) is 0 Å². The predicted molar refractivity (Wildman–Crippen MR) is 71.4 cm³/mol. The largest absolute Gasteiger partial charge is 0.401 e. The summed E-state index contributed by atoms with van der Waals surface area (Å²) >= 11 is 0. The first kappa shape index (κ1) is 15.1. The Kier molecular flexibility index (Phi) is 3.90. The Bertz CT molecular complexity index is 405. The van der Waals surface area contributed by atoms with Crippen molar-refractivity contribution in [2.45, 2.75) is 31.5 Å². The van der Waals surface area contributed by atoms with E-state index in [9.17, 15) is 18.0 Å². The summed E-state index contributed by atoms with van der Waals surface area (Å²) in [5, 5.41) is 0. The van der Waals surface area contributed by atoms with Crippen LogP contribution in [0.2, 0.25) is 0 Å². The smallest absolute Gasteiger partial charge is 0.340 e. The number of nitrogens with zero attached hydrogens (tertiary/aromatic N) is 2. The van der Waals surface area contributed by atoms with Crippen molar-refractivity contribution in [1.82, 2.24) is 9.80 Å². The van der Waals surface area contributed by atoms with Crippen LogP contribution in [0.15, 0.2) is 0 Å². The van der Waals surface area contributed by atoms with Gasteiger partial charge in [0.25, 0.3) is 0 Å². The number of carbonyl (C=O) groups excluding carboxylic acids is 1. The molecule has 4 atom stereocenters. The molecule has 2 aliphatic carbocycles. The van der Waals surface area contributed by atoms with Gasteiger partial charge < -0.3 is 10.6 Å². The van der Waals surface area contributed by atoms with Crippen LogP contribution in [0.1, 0.15) is 19.3 Å². The molecule has 3 fully saturated rings. The average Bonchev–Trinajstić information content (AvgIpc) is 2.97. The van der Waals surface area contributed by atoms with Gasteiger partial charge in [0.15, 0.2) is 0 Å².